The van der Waals surface area contributed by atoms with Crippen LogP contribution < -0.4 is 10.2 Å². The molecule has 1 N–H and O–H groups in total. The van der Waals surface area contributed by atoms with Crippen molar-refractivity contribution in [3.63, 3.8) is 0 Å². The first kappa shape index (κ1) is 10.6. The van der Waals surface area contributed by atoms with Gasteiger partial charge in [0.05, 0.1) is 11.8 Å². The average molecular weight is 192 g/mol. The molecule has 0 spiro atoms. The predicted molar refractivity (Wildman–Crippen MR) is 60.1 cm³/mol. The van der Waals surface area contributed by atoms with E-state index in [1.165, 1.54) is 0 Å². The number of hydrogen-bond donors (Lipinski definition) is 1. The summed E-state index contributed by atoms with van der Waals surface area (Å²) >= 11 is 0. The molecule has 0 bridgehead atoms. The summed E-state index contributed by atoms with van der Waals surface area (Å²) in [6.45, 7) is 9.39. The molecule has 0 aliphatic carbocycles. The molecule has 0 aliphatic heterocycles. The second-order valence-electron chi connectivity index (χ2n) is 3.41. The topological polar surface area (TPSA) is 33.6 Å². The van der Waals surface area contributed by atoms with Gasteiger partial charge in [0.25, 0.3) is 0 Å². The minimum Gasteiger partial charge on any atom is -0.491 e. The van der Waals surface area contributed by atoms with Crippen LogP contribution in [0, 0.1) is 6.92 Å². The third-order valence-electron chi connectivity index (χ3n) is 1.77. The molecule has 0 radical (unpaired) electrons. The van der Waals surface area contributed by atoms with Crippen LogP contribution in [0.3, 0.4) is 0 Å². The highest BCUT2D eigenvalue weighted by atomic mass is 16.5. The fraction of sp³-hybridized carbons (Fsp3) is 0.364. The maximum atomic E-state index is 5.55. The number of rotatable bonds is 4. The smallest absolute Gasteiger partial charge is 0.120 e. The molecule has 3 heteroatoms. The number of anilines is 1. The molecular weight excluding hydrogens is 176 g/mol. The highest BCUT2D eigenvalue weighted by Gasteiger charge is 2.01. The maximum absolute atomic E-state index is 5.55. The normalized spacial score (nSPS) is 10.0. The van der Waals surface area contributed by atoms with Crippen molar-refractivity contribution in [3.05, 3.63) is 23.8 Å². The molecule has 0 saturated heterocycles. The summed E-state index contributed by atoms with van der Waals surface area (Å²) < 4.78 is 5.55. The van der Waals surface area contributed by atoms with Crippen LogP contribution in [0.25, 0.3) is 0 Å². The molecule has 1 rings (SSSR count). The third-order valence-corrected chi connectivity index (χ3v) is 1.77. The molecule has 0 fully saturated rings. The Balaban J connectivity index is 2.83. The van der Waals surface area contributed by atoms with Crippen molar-refractivity contribution >= 4 is 12.4 Å². The molecular formula is C11H16N2O. The fourth-order valence-electron chi connectivity index (χ4n) is 1.19. The van der Waals surface area contributed by atoms with Crippen LogP contribution in [0.5, 0.6) is 5.75 Å². The van der Waals surface area contributed by atoms with Crippen molar-refractivity contribution in [1.29, 1.82) is 0 Å². The summed E-state index contributed by atoms with van der Waals surface area (Å²) in [5, 5.41) is 3.62. The van der Waals surface area contributed by atoms with Crippen LogP contribution in [-0.4, -0.2) is 12.8 Å². The van der Waals surface area contributed by atoms with Crippen molar-refractivity contribution in [2.45, 2.75) is 26.9 Å². The summed E-state index contributed by atoms with van der Waals surface area (Å²) in [6, 6.07) is 5.83. The molecule has 0 aliphatic rings. The molecule has 0 aromatic heterocycles. The first-order valence-corrected chi connectivity index (χ1v) is 4.62. The van der Waals surface area contributed by atoms with Crippen molar-refractivity contribution < 1.29 is 4.74 Å². The molecule has 0 saturated carbocycles. The lowest BCUT2D eigenvalue weighted by Crippen LogP contribution is -2.05. The lowest BCUT2D eigenvalue weighted by molar-refractivity contribution is 0.242. The van der Waals surface area contributed by atoms with Gasteiger partial charge in [0.1, 0.15) is 5.75 Å². The fourth-order valence-corrected chi connectivity index (χ4v) is 1.19. The van der Waals surface area contributed by atoms with E-state index >= 15 is 0 Å². The van der Waals surface area contributed by atoms with Gasteiger partial charge < -0.3 is 4.74 Å². The van der Waals surface area contributed by atoms with E-state index in [-0.39, 0.29) is 6.10 Å². The number of nitrogens with zero attached hydrogens (tertiary/aromatic N) is 1. The van der Waals surface area contributed by atoms with Crippen LogP contribution >= 0.6 is 0 Å². The Labute approximate surface area is 84.8 Å². The minimum atomic E-state index is 0.200. The zero-order valence-electron chi connectivity index (χ0n) is 8.87. The second-order valence-corrected chi connectivity index (χ2v) is 3.41. The van der Waals surface area contributed by atoms with Crippen molar-refractivity contribution in [3.8, 4) is 5.75 Å². The van der Waals surface area contributed by atoms with Gasteiger partial charge in [-0.3, -0.25) is 5.43 Å². The van der Waals surface area contributed by atoms with E-state index < -0.39 is 0 Å². The summed E-state index contributed by atoms with van der Waals surface area (Å²) in [4.78, 5) is 0. The number of benzene rings is 1. The monoisotopic (exact) mass is 192 g/mol. The van der Waals surface area contributed by atoms with Gasteiger partial charge in [-0.2, -0.15) is 5.10 Å². The van der Waals surface area contributed by atoms with E-state index in [1.54, 1.807) is 0 Å². The summed E-state index contributed by atoms with van der Waals surface area (Å²) in [5.74, 6) is 0.882. The Kier molecular flexibility index (Phi) is 3.51. The van der Waals surface area contributed by atoms with E-state index in [2.05, 4.69) is 17.2 Å². The number of nitrogens with one attached hydrogen (secondary N) is 1. The zero-order chi connectivity index (χ0) is 10.6. The second kappa shape index (κ2) is 4.65. The first-order chi connectivity index (χ1) is 6.63. The largest absolute Gasteiger partial charge is 0.491 e. The van der Waals surface area contributed by atoms with Crippen LogP contribution in [0.15, 0.2) is 23.3 Å². The zero-order valence-corrected chi connectivity index (χ0v) is 8.87. The van der Waals surface area contributed by atoms with E-state index in [1.807, 2.05) is 39.0 Å². The summed E-state index contributed by atoms with van der Waals surface area (Å²) in [5.41, 5.74) is 4.86. The third kappa shape index (κ3) is 2.76. The van der Waals surface area contributed by atoms with Crippen molar-refractivity contribution in [1.82, 2.24) is 0 Å². The van der Waals surface area contributed by atoms with Gasteiger partial charge in [-0.05, 0) is 44.5 Å². The van der Waals surface area contributed by atoms with E-state index in [4.69, 9.17) is 4.74 Å². The number of hydrazone groups is 1. The SMILES string of the molecule is C=NNc1ccc(OC(C)C)cc1C. The summed E-state index contributed by atoms with van der Waals surface area (Å²) in [6.07, 6.45) is 0.200. The standard InChI is InChI=1S/C11H16N2O/c1-8(2)14-10-5-6-11(13-12-4)9(3)7-10/h5-8,13H,4H2,1-3H3. The molecule has 0 atom stereocenters. The van der Waals surface area contributed by atoms with Gasteiger partial charge >= 0.3 is 0 Å². The number of hydrogen-bond acceptors (Lipinski definition) is 3. The number of ether oxygens (including phenoxy) is 1. The van der Waals surface area contributed by atoms with Crippen LogP contribution in [0.2, 0.25) is 0 Å². The average Bonchev–Trinajstić information content (AvgIpc) is 2.09. The molecule has 1 aromatic carbocycles. The molecule has 0 amide bonds. The van der Waals surface area contributed by atoms with Gasteiger partial charge in [-0.15, -0.1) is 0 Å². The molecule has 3 nitrogen and oxygen atoms in total. The predicted octanol–water partition coefficient (Wildman–Crippen LogP) is 2.81. The van der Waals surface area contributed by atoms with E-state index in [9.17, 15) is 0 Å². The molecule has 0 unspecified atom stereocenters. The molecule has 0 heterocycles. The Morgan fingerprint density at radius 3 is 2.64 bits per heavy atom. The first-order valence-electron chi connectivity index (χ1n) is 4.62. The Hall–Kier alpha value is -1.51. The number of aryl methyl sites for hydroxylation is 1. The molecule has 14 heavy (non-hydrogen) atoms. The van der Waals surface area contributed by atoms with Crippen LogP contribution in [0.1, 0.15) is 19.4 Å². The highest BCUT2D eigenvalue weighted by molar-refractivity contribution is 5.54. The van der Waals surface area contributed by atoms with Crippen LogP contribution in [-0.2, 0) is 0 Å². The minimum absolute atomic E-state index is 0.200. The maximum Gasteiger partial charge on any atom is 0.120 e. The van der Waals surface area contributed by atoms with Gasteiger partial charge in [-0.25, -0.2) is 0 Å². The van der Waals surface area contributed by atoms with E-state index in [0.717, 1.165) is 17.0 Å². The van der Waals surface area contributed by atoms with Gasteiger partial charge in [0.2, 0.25) is 0 Å². The summed E-state index contributed by atoms with van der Waals surface area (Å²) in [7, 11) is 0. The van der Waals surface area contributed by atoms with Crippen LogP contribution in [0.4, 0.5) is 5.69 Å². The quantitative estimate of drug-likeness (QED) is 0.588. The highest BCUT2D eigenvalue weighted by Crippen LogP contribution is 2.21. The molecule has 1 aromatic rings. The molecule has 76 valence electrons. The Bertz CT molecular complexity index is 321. The lowest BCUT2D eigenvalue weighted by atomic mass is 10.2. The van der Waals surface area contributed by atoms with Gasteiger partial charge in [0.15, 0.2) is 0 Å². The van der Waals surface area contributed by atoms with Crippen molar-refractivity contribution in [2.24, 2.45) is 5.10 Å². The lowest BCUT2D eigenvalue weighted by Gasteiger charge is -2.11. The van der Waals surface area contributed by atoms with Crippen molar-refractivity contribution in [2.75, 3.05) is 5.43 Å². The Morgan fingerprint density at radius 1 is 1.43 bits per heavy atom. The van der Waals surface area contributed by atoms with Gasteiger partial charge in [-0.1, -0.05) is 0 Å². The Morgan fingerprint density at radius 2 is 2.14 bits per heavy atom. The van der Waals surface area contributed by atoms with E-state index in [0.29, 0.717) is 0 Å². The van der Waals surface area contributed by atoms with Gasteiger partial charge in [0, 0.05) is 6.72 Å².